The average Bonchev–Trinajstić information content (AvgIpc) is 2.69. The van der Waals surface area contributed by atoms with Gasteiger partial charge in [-0.05, 0) is 19.1 Å². The van der Waals surface area contributed by atoms with Crippen LogP contribution in [0.1, 0.15) is 10.6 Å². The zero-order chi connectivity index (χ0) is 10.7. The van der Waals surface area contributed by atoms with E-state index in [-0.39, 0.29) is 6.61 Å². The van der Waals surface area contributed by atoms with E-state index in [2.05, 4.69) is 10.2 Å². The third-order valence-electron chi connectivity index (χ3n) is 1.81. The fourth-order valence-electron chi connectivity index (χ4n) is 1.05. The minimum atomic E-state index is -0.102. The molecular weight excluding hydrogens is 212 g/mol. The first kappa shape index (κ1) is 10.1. The summed E-state index contributed by atoms with van der Waals surface area (Å²) in [5.41, 5.74) is 1.18. The van der Waals surface area contributed by atoms with Crippen molar-refractivity contribution in [3.8, 4) is 10.9 Å². The van der Waals surface area contributed by atoms with Gasteiger partial charge in [-0.25, -0.2) is 0 Å². The van der Waals surface area contributed by atoms with Crippen molar-refractivity contribution in [1.29, 1.82) is 0 Å². The molecule has 1 aromatic carbocycles. The smallest absolute Gasteiger partial charge is 0.299 e. The van der Waals surface area contributed by atoms with Gasteiger partial charge < -0.3 is 9.84 Å². The molecule has 0 atom stereocenters. The second kappa shape index (κ2) is 4.37. The van der Waals surface area contributed by atoms with Crippen molar-refractivity contribution >= 4 is 11.3 Å². The molecule has 0 aliphatic carbocycles. The number of ether oxygens (including phenoxy) is 1. The third kappa shape index (κ3) is 2.51. The van der Waals surface area contributed by atoms with Crippen molar-refractivity contribution in [1.82, 2.24) is 10.2 Å². The number of hydrogen-bond donors (Lipinski definition) is 1. The van der Waals surface area contributed by atoms with E-state index in [0.717, 1.165) is 5.75 Å². The Hall–Kier alpha value is -1.46. The summed E-state index contributed by atoms with van der Waals surface area (Å²) in [5.74, 6) is 0.723. The topological polar surface area (TPSA) is 55.2 Å². The molecule has 0 bridgehead atoms. The Balaban J connectivity index is 2.11. The summed E-state index contributed by atoms with van der Waals surface area (Å²) in [6.07, 6.45) is 0. The molecule has 5 heteroatoms. The summed E-state index contributed by atoms with van der Waals surface area (Å²) in [6, 6.07) is 7.66. The lowest BCUT2D eigenvalue weighted by atomic mass is 10.2. The molecule has 1 N–H and O–H groups in total. The van der Waals surface area contributed by atoms with Crippen LogP contribution < -0.4 is 4.74 Å². The number of aliphatic hydroxyl groups excluding tert-OH is 1. The molecule has 1 heterocycles. The van der Waals surface area contributed by atoms with Crippen LogP contribution in [0, 0.1) is 6.92 Å². The lowest BCUT2D eigenvalue weighted by Crippen LogP contribution is -1.83. The van der Waals surface area contributed by atoms with Crippen LogP contribution in [0.15, 0.2) is 24.3 Å². The van der Waals surface area contributed by atoms with E-state index < -0.39 is 0 Å². The first-order chi connectivity index (χ1) is 7.28. The van der Waals surface area contributed by atoms with E-state index >= 15 is 0 Å². The van der Waals surface area contributed by atoms with Crippen molar-refractivity contribution < 1.29 is 9.84 Å². The maximum Gasteiger partial charge on any atom is 0.299 e. The lowest BCUT2D eigenvalue weighted by Gasteiger charge is -2.00. The van der Waals surface area contributed by atoms with Gasteiger partial charge in [-0.1, -0.05) is 34.1 Å². The van der Waals surface area contributed by atoms with E-state index in [4.69, 9.17) is 9.84 Å². The third-order valence-corrected chi connectivity index (χ3v) is 2.60. The largest absolute Gasteiger partial charge is 0.430 e. The standard InChI is InChI=1S/C10H10N2O2S/c1-7-2-4-8(5-3-7)14-10-12-11-9(6-13)15-10/h2-5,13H,6H2,1H3. The minimum Gasteiger partial charge on any atom is -0.430 e. The summed E-state index contributed by atoms with van der Waals surface area (Å²) >= 11 is 1.24. The molecule has 1 aromatic heterocycles. The Morgan fingerprint density at radius 2 is 2.00 bits per heavy atom. The van der Waals surface area contributed by atoms with E-state index in [1.807, 2.05) is 31.2 Å². The maximum atomic E-state index is 8.81. The van der Waals surface area contributed by atoms with Crippen LogP contribution in [0.2, 0.25) is 0 Å². The van der Waals surface area contributed by atoms with Crippen LogP contribution in [0.5, 0.6) is 10.9 Å². The van der Waals surface area contributed by atoms with Crippen molar-refractivity contribution in [3.63, 3.8) is 0 Å². The van der Waals surface area contributed by atoms with Crippen molar-refractivity contribution in [2.75, 3.05) is 0 Å². The molecule has 15 heavy (non-hydrogen) atoms. The van der Waals surface area contributed by atoms with E-state index in [9.17, 15) is 0 Å². The highest BCUT2D eigenvalue weighted by Gasteiger charge is 2.04. The minimum absolute atomic E-state index is 0.102. The second-order valence-corrected chi connectivity index (χ2v) is 4.06. The number of aryl methyl sites for hydroxylation is 1. The van der Waals surface area contributed by atoms with Crippen molar-refractivity contribution in [3.05, 3.63) is 34.8 Å². The SMILES string of the molecule is Cc1ccc(Oc2nnc(CO)s2)cc1. The summed E-state index contributed by atoms with van der Waals surface area (Å²) in [7, 11) is 0. The molecule has 0 fully saturated rings. The molecule has 0 saturated carbocycles. The lowest BCUT2D eigenvalue weighted by molar-refractivity contribution is 0.280. The van der Waals surface area contributed by atoms with Gasteiger partial charge in [0.2, 0.25) is 0 Å². The Labute approximate surface area is 91.2 Å². The number of nitrogens with zero attached hydrogens (tertiary/aromatic N) is 2. The van der Waals surface area contributed by atoms with Gasteiger partial charge >= 0.3 is 0 Å². The maximum absolute atomic E-state index is 8.81. The van der Waals surface area contributed by atoms with Gasteiger partial charge in [-0.15, -0.1) is 5.10 Å². The monoisotopic (exact) mass is 222 g/mol. The van der Waals surface area contributed by atoms with Gasteiger partial charge in [0.25, 0.3) is 5.19 Å². The van der Waals surface area contributed by atoms with Gasteiger partial charge in [0.15, 0.2) is 0 Å². The molecule has 0 aliphatic heterocycles. The van der Waals surface area contributed by atoms with Crippen LogP contribution in [0.4, 0.5) is 0 Å². The number of rotatable bonds is 3. The summed E-state index contributed by atoms with van der Waals surface area (Å²) < 4.78 is 5.45. The first-order valence-electron chi connectivity index (χ1n) is 4.45. The Bertz CT molecular complexity index is 439. The van der Waals surface area contributed by atoms with Crippen LogP contribution >= 0.6 is 11.3 Å². The Morgan fingerprint density at radius 1 is 1.27 bits per heavy atom. The van der Waals surface area contributed by atoms with Gasteiger partial charge in [0.05, 0.1) is 6.61 Å². The molecular formula is C10H10N2O2S. The summed E-state index contributed by atoms with van der Waals surface area (Å²) in [4.78, 5) is 0. The molecule has 4 nitrogen and oxygen atoms in total. The van der Waals surface area contributed by atoms with E-state index in [1.165, 1.54) is 16.9 Å². The van der Waals surface area contributed by atoms with Gasteiger partial charge in [-0.3, -0.25) is 0 Å². The highest BCUT2D eigenvalue weighted by atomic mass is 32.1. The zero-order valence-corrected chi connectivity index (χ0v) is 8.99. The number of aliphatic hydroxyl groups is 1. The highest BCUT2D eigenvalue weighted by molar-refractivity contribution is 7.13. The molecule has 2 aromatic rings. The van der Waals surface area contributed by atoms with Crippen LogP contribution in [0.3, 0.4) is 0 Å². The summed E-state index contributed by atoms with van der Waals surface area (Å²) in [6.45, 7) is 1.91. The Morgan fingerprint density at radius 3 is 2.60 bits per heavy atom. The van der Waals surface area contributed by atoms with Crippen LogP contribution in [-0.4, -0.2) is 15.3 Å². The average molecular weight is 222 g/mol. The van der Waals surface area contributed by atoms with Gasteiger partial charge in [0.1, 0.15) is 10.8 Å². The Kier molecular flexibility index (Phi) is 2.94. The molecule has 0 amide bonds. The molecule has 0 radical (unpaired) electrons. The quantitative estimate of drug-likeness (QED) is 0.864. The van der Waals surface area contributed by atoms with Gasteiger partial charge in [-0.2, -0.15) is 0 Å². The zero-order valence-electron chi connectivity index (χ0n) is 8.17. The second-order valence-electron chi connectivity index (χ2n) is 3.03. The van der Waals surface area contributed by atoms with Crippen molar-refractivity contribution in [2.45, 2.75) is 13.5 Å². The summed E-state index contributed by atoms with van der Waals surface area (Å²) in [5, 5.41) is 17.3. The van der Waals surface area contributed by atoms with E-state index in [1.54, 1.807) is 0 Å². The van der Waals surface area contributed by atoms with Crippen molar-refractivity contribution in [2.24, 2.45) is 0 Å². The number of hydrogen-bond acceptors (Lipinski definition) is 5. The van der Waals surface area contributed by atoms with Crippen LogP contribution in [0.25, 0.3) is 0 Å². The molecule has 78 valence electrons. The fraction of sp³-hybridized carbons (Fsp3) is 0.200. The molecule has 2 rings (SSSR count). The molecule has 0 unspecified atom stereocenters. The first-order valence-corrected chi connectivity index (χ1v) is 5.27. The molecule has 0 spiro atoms. The predicted molar refractivity (Wildman–Crippen MR) is 57.1 cm³/mol. The predicted octanol–water partition coefficient (Wildman–Crippen LogP) is 2.13. The van der Waals surface area contributed by atoms with Crippen LogP contribution in [-0.2, 0) is 6.61 Å². The fourth-order valence-corrected chi connectivity index (χ4v) is 1.62. The highest BCUT2D eigenvalue weighted by Crippen LogP contribution is 2.24. The number of aromatic nitrogens is 2. The molecule has 0 saturated heterocycles. The molecule has 0 aliphatic rings. The van der Waals surface area contributed by atoms with Gasteiger partial charge in [0, 0.05) is 0 Å². The normalized spacial score (nSPS) is 10.3. The van der Waals surface area contributed by atoms with E-state index in [0.29, 0.717) is 10.2 Å². The number of benzene rings is 1.